The van der Waals surface area contributed by atoms with E-state index < -0.39 is 0 Å². The van der Waals surface area contributed by atoms with Gasteiger partial charge in [-0.05, 0) is 54.2 Å². The quantitative estimate of drug-likeness (QED) is 0.785. The Bertz CT molecular complexity index is 918. The second-order valence-electron chi connectivity index (χ2n) is 7.30. The van der Waals surface area contributed by atoms with Crippen molar-refractivity contribution in [1.29, 1.82) is 0 Å². The fourth-order valence-electron chi connectivity index (χ4n) is 4.28. The monoisotopic (exact) mass is 356 g/mol. The van der Waals surface area contributed by atoms with Crippen LogP contribution in [0, 0.1) is 12.8 Å². The van der Waals surface area contributed by atoms with Gasteiger partial charge in [0.2, 0.25) is 5.91 Å². The Morgan fingerprint density at radius 1 is 1.16 bits per heavy atom. The number of nitrogens with zero attached hydrogens (tertiary/aromatic N) is 2. The molecule has 3 heterocycles. The van der Waals surface area contributed by atoms with E-state index in [0.717, 1.165) is 35.3 Å². The van der Waals surface area contributed by atoms with Gasteiger partial charge in [0.25, 0.3) is 5.56 Å². The van der Waals surface area contributed by atoms with Gasteiger partial charge in [-0.15, -0.1) is 0 Å². The topological polar surface area (TPSA) is 42.3 Å². The standard InChI is InChI=1S/C20H21ClN2O2/c1-12-3-4-17(21)8-18(12)15-6-19-16-5-14(9-22(11-16)13(2)24)10-23(19)20(25)7-15/h3-4,6-8,14,16H,5,9-11H2,1-2H3/t14-,16+/m0/s1. The molecule has 0 saturated carbocycles. The van der Waals surface area contributed by atoms with Crippen molar-refractivity contribution in [2.24, 2.45) is 5.92 Å². The zero-order chi connectivity index (χ0) is 17.7. The third kappa shape index (κ3) is 2.89. The molecule has 130 valence electrons. The Morgan fingerprint density at radius 3 is 2.72 bits per heavy atom. The van der Waals surface area contributed by atoms with Crippen molar-refractivity contribution < 1.29 is 4.79 Å². The van der Waals surface area contributed by atoms with Gasteiger partial charge in [0, 0.05) is 49.3 Å². The first-order valence-electron chi connectivity index (χ1n) is 8.69. The molecule has 1 fully saturated rings. The number of carbonyl (C=O) groups is 1. The van der Waals surface area contributed by atoms with Crippen molar-refractivity contribution in [3.05, 3.63) is 57.0 Å². The van der Waals surface area contributed by atoms with E-state index in [2.05, 4.69) is 6.07 Å². The van der Waals surface area contributed by atoms with E-state index in [4.69, 9.17) is 11.6 Å². The minimum absolute atomic E-state index is 0.0397. The zero-order valence-corrected chi connectivity index (χ0v) is 15.2. The summed E-state index contributed by atoms with van der Waals surface area (Å²) in [5.74, 6) is 0.711. The average molecular weight is 357 g/mol. The van der Waals surface area contributed by atoms with Crippen molar-refractivity contribution >= 4 is 17.5 Å². The van der Waals surface area contributed by atoms with E-state index in [9.17, 15) is 9.59 Å². The first-order chi connectivity index (χ1) is 11.9. The largest absolute Gasteiger partial charge is 0.342 e. The minimum atomic E-state index is 0.0397. The molecule has 1 aromatic carbocycles. The number of rotatable bonds is 1. The van der Waals surface area contributed by atoms with Gasteiger partial charge >= 0.3 is 0 Å². The van der Waals surface area contributed by atoms with E-state index in [1.54, 1.807) is 13.0 Å². The zero-order valence-electron chi connectivity index (χ0n) is 14.5. The van der Waals surface area contributed by atoms with Crippen LogP contribution >= 0.6 is 11.6 Å². The fraction of sp³-hybridized carbons (Fsp3) is 0.400. The summed E-state index contributed by atoms with van der Waals surface area (Å²) in [6.45, 7) is 5.80. The predicted octanol–water partition coefficient (Wildman–Crippen LogP) is 3.44. The van der Waals surface area contributed by atoms with Crippen LogP contribution in [-0.2, 0) is 11.3 Å². The first kappa shape index (κ1) is 16.4. The van der Waals surface area contributed by atoms with Gasteiger partial charge < -0.3 is 9.47 Å². The van der Waals surface area contributed by atoms with Crippen molar-refractivity contribution in [2.45, 2.75) is 32.7 Å². The number of hydrogen-bond acceptors (Lipinski definition) is 2. The average Bonchev–Trinajstić information content (AvgIpc) is 2.57. The maximum Gasteiger partial charge on any atom is 0.251 e. The van der Waals surface area contributed by atoms with E-state index in [0.29, 0.717) is 24.0 Å². The summed E-state index contributed by atoms with van der Waals surface area (Å²) in [6.07, 6.45) is 1.04. The third-order valence-corrected chi connectivity index (χ3v) is 5.75. The number of halogens is 1. The Morgan fingerprint density at radius 2 is 1.96 bits per heavy atom. The Hall–Kier alpha value is -2.07. The lowest BCUT2D eigenvalue weighted by atomic mass is 9.82. The summed E-state index contributed by atoms with van der Waals surface area (Å²) >= 11 is 6.16. The van der Waals surface area contributed by atoms with Gasteiger partial charge in [0.1, 0.15) is 0 Å². The normalized spacial score (nSPS) is 21.8. The molecular weight excluding hydrogens is 336 g/mol. The number of pyridine rings is 1. The van der Waals surface area contributed by atoms with Crippen LogP contribution in [0.3, 0.4) is 0 Å². The maximum absolute atomic E-state index is 12.8. The molecule has 0 unspecified atom stereocenters. The molecule has 2 aliphatic rings. The SMILES string of the molecule is CC(=O)N1C[C@@H]2C[C@H](C1)c1cc(-c3cc(Cl)ccc3C)cc(=O)n1C2. The van der Waals surface area contributed by atoms with Gasteiger partial charge in [-0.1, -0.05) is 17.7 Å². The molecule has 2 aliphatic heterocycles. The van der Waals surface area contributed by atoms with Gasteiger partial charge in [-0.25, -0.2) is 0 Å². The fourth-order valence-corrected chi connectivity index (χ4v) is 4.45. The number of likely N-dealkylation sites (tertiary alicyclic amines) is 1. The molecule has 0 N–H and O–H groups in total. The highest BCUT2D eigenvalue weighted by Crippen LogP contribution is 2.37. The molecule has 2 aromatic rings. The van der Waals surface area contributed by atoms with Gasteiger partial charge in [-0.2, -0.15) is 0 Å². The number of amides is 1. The van der Waals surface area contributed by atoms with E-state index in [1.165, 1.54) is 0 Å². The van der Waals surface area contributed by atoms with Crippen molar-refractivity contribution in [1.82, 2.24) is 9.47 Å². The number of benzene rings is 1. The molecule has 0 radical (unpaired) electrons. The maximum atomic E-state index is 12.8. The van der Waals surface area contributed by atoms with E-state index in [1.807, 2.05) is 34.6 Å². The van der Waals surface area contributed by atoms with Crippen LogP contribution in [0.15, 0.2) is 35.1 Å². The summed E-state index contributed by atoms with van der Waals surface area (Å²) in [5, 5.41) is 0.666. The van der Waals surface area contributed by atoms with Crippen LogP contribution in [0.2, 0.25) is 5.02 Å². The molecule has 2 bridgehead atoms. The highest BCUT2D eigenvalue weighted by atomic mass is 35.5. The third-order valence-electron chi connectivity index (χ3n) is 5.51. The number of hydrogen-bond donors (Lipinski definition) is 0. The van der Waals surface area contributed by atoms with Crippen LogP contribution in [0.1, 0.15) is 30.5 Å². The summed E-state index contributed by atoms with van der Waals surface area (Å²) in [7, 11) is 0. The Kier molecular flexibility index (Phi) is 3.95. The molecule has 0 spiro atoms. The highest BCUT2D eigenvalue weighted by Gasteiger charge is 2.35. The molecule has 5 heteroatoms. The lowest BCUT2D eigenvalue weighted by molar-refractivity contribution is -0.131. The molecule has 1 saturated heterocycles. The number of piperidine rings is 1. The molecule has 1 amide bonds. The van der Waals surface area contributed by atoms with Crippen LogP contribution in [0.5, 0.6) is 0 Å². The van der Waals surface area contributed by atoms with Crippen molar-refractivity contribution in [3.8, 4) is 11.1 Å². The van der Waals surface area contributed by atoms with E-state index >= 15 is 0 Å². The summed E-state index contributed by atoms with van der Waals surface area (Å²) in [4.78, 5) is 26.5. The Labute approximate surface area is 152 Å². The van der Waals surface area contributed by atoms with Crippen LogP contribution < -0.4 is 5.56 Å². The summed E-state index contributed by atoms with van der Waals surface area (Å²) in [6, 6.07) is 9.58. The number of aryl methyl sites for hydroxylation is 1. The van der Waals surface area contributed by atoms with Crippen LogP contribution in [0.25, 0.3) is 11.1 Å². The number of fused-ring (bicyclic) bond motifs is 4. The summed E-state index contributed by atoms with van der Waals surface area (Å²) < 4.78 is 1.90. The Balaban J connectivity index is 1.82. The minimum Gasteiger partial charge on any atom is -0.342 e. The van der Waals surface area contributed by atoms with Gasteiger partial charge in [0.05, 0.1) is 0 Å². The lowest BCUT2D eigenvalue weighted by Gasteiger charge is -2.42. The predicted molar refractivity (Wildman–Crippen MR) is 99.0 cm³/mol. The molecular formula is C20H21ClN2O2. The number of carbonyl (C=O) groups excluding carboxylic acids is 1. The van der Waals surface area contributed by atoms with E-state index in [-0.39, 0.29) is 17.4 Å². The van der Waals surface area contributed by atoms with Gasteiger partial charge in [0.15, 0.2) is 0 Å². The highest BCUT2D eigenvalue weighted by molar-refractivity contribution is 6.30. The molecule has 4 rings (SSSR count). The lowest BCUT2D eigenvalue weighted by Crippen LogP contribution is -2.48. The smallest absolute Gasteiger partial charge is 0.251 e. The molecule has 0 aliphatic carbocycles. The number of aromatic nitrogens is 1. The second kappa shape index (κ2) is 6.03. The second-order valence-corrected chi connectivity index (χ2v) is 7.74. The van der Waals surface area contributed by atoms with Crippen molar-refractivity contribution in [3.63, 3.8) is 0 Å². The van der Waals surface area contributed by atoms with Crippen molar-refractivity contribution in [2.75, 3.05) is 13.1 Å². The first-order valence-corrected chi connectivity index (χ1v) is 9.07. The van der Waals surface area contributed by atoms with Crippen LogP contribution in [0.4, 0.5) is 0 Å². The van der Waals surface area contributed by atoms with Gasteiger partial charge in [-0.3, -0.25) is 9.59 Å². The molecule has 4 nitrogen and oxygen atoms in total. The summed E-state index contributed by atoms with van der Waals surface area (Å²) in [5.41, 5.74) is 4.09. The van der Waals surface area contributed by atoms with Crippen LogP contribution in [-0.4, -0.2) is 28.5 Å². The molecule has 2 atom stereocenters. The molecule has 25 heavy (non-hydrogen) atoms. The molecule has 1 aromatic heterocycles.